The monoisotopic (exact) mass is 374 g/mol. The summed E-state index contributed by atoms with van der Waals surface area (Å²) in [6.45, 7) is 7.33. The average Bonchev–Trinajstić information content (AvgIpc) is 3.04. The lowest BCUT2D eigenvalue weighted by molar-refractivity contribution is -0.139. The zero-order chi connectivity index (χ0) is 19.1. The highest BCUT2D eigenvalue weighted by molar-refractivity contribution is 8.15. The maximum absolute atomic E-state index is 13.5. The number of thioether (sulfide) groups is 1. The number of unbranched alkanes of at least 4 members (excludes halogenated alkanes) is 1. The molecule has 138 valence electrons. The van der Waals surface area contributed by atoms with Gasteiger partial charge in [-0.15, -0.1) is 5.10 Å². The molecule has 0 bridgehead atoms. The molecule has 3 amide bonds. The Morgan fingerprint density at radius 3 is 2.65 bits per heavy atom. The van der Waals surface area contributed by atoms with Crippen LogP contribution < -0.4 is 10.2 Å². The van der Waals surface area contributed by atoms with Gasteiger partial charge in [0.2, 0.25) is 16.7 Å². The normalized spacial score (nSPS) is 21.2. The van der Waals surface area contributed by atoms with Gasteiger partial charge in [0, 0.05) is 26.0 Å². The van der Waals surface area contributed by atoms with E-state index in [0.717, 1.165) is 41.4 Å². The van der Waals surface area contributed by atoms with Crippen LogP contribution in [0.4, 0.5) is 5.69 Å². The van der Waals surface area contributed by atoms with Gasteiger partial charge in [0.05, 0.1) is 5.69 Å². The Hall–Kier alpha value is -2.35. The van der Waals surface area contributed by atoms with Gasteiger partial charge < -0.3 is 10.2 Å². The second-order valence-electron chi connectivity index (χ2n) is 6.49. The highest BCUT2D eigenvalue weighted by Crippen LogP contribution is 2.54. The van der Waals surface area contributed by atoms with Crippen LogP contribution in [0.25, 0.3) is 0 Å². The minimum atomic E-state index is -1.29. The van der Waals surface area contributed by atoms with Crippen molar-refractivity contribution in [3.8, 4) is 0 Å². The van der Waals surface area contributed by atoms with E-state index >= 15 is 0 Å². The summed E-state index contributed by atoms with van der Waals surface area (Å²) in [5.74, 6) is -0.846. The van der Waals surface area contributed by atoms with E-state index in [2.05, 4.69) is 17.3 Å². The molecule has 7 nitrogen and oxygen atoms in total. The van der Waals surface area contributed by atoms with Gasteiger partial charge in [-0.2, -0.15) is 5.01 Å². The Balaban J connectivity index is 2.13. The number of amidine groups is 1. The summed E-state index contributed by atoms with van der Waals surface area (Å²) in [5, 5.41) is 8.31. The summed E-state index contributed by atoms with van der Waals surface area (Å²) in [6, 6.07) is 5.80. The molecule has 0 unspecified atom stereocenters. The first-order chi connectivity index (χ1) is 12.3. The van der Waals surface area contributed by atoms with E-state index in [1.165, 1.54) is 18.9 Å². The van der Waals surface area contributed by atoms with Gasteiger partial charge in [-0.25, -0.2) is 0 Å². The van der Waals surface area contributed by atoms with Crippen molar-refractivity contribution in [1.82, 2.24) is 10.3 Å². The van der Waals surface area contributed by atoms with E-state index in [-0.39, 0.29) is 22.9 Å². The fourth-order valence-corrected chi connectivity index (χ4v) is 4.59. The maximum Gasteiger partial charge on any atom is 0.270 e. The number of hydrogen-bond acceptors (Lipinski definition) is 5. The molecule has 26 heavy (non-hydrogen) atoms. The summed E-state index contributed by atoms with van der Waals surface area (Å²) in [5.41, 5.74) is 2.53. The standard InChI is InChI=1S/C18H22N4O3S/c1-5-6-9-21-15-8-7-11(2)10-14(15)18(16(21)25)22(13(4)24)20-17(26-18)19-12(3)23/h7-8,10H,5-6,9H2,1-4H3,(H,19,20,23)/t18-/m0/s1. The fourth-order valence-electron chi connectivity index (χ4n) is 3.26. The van der Waals surface area contributed by atoms with Crippen molar-refractivity contribution in [3.63, 3.8) is 0 Å². The molecule has 0 radical (unpaired) electrons. The SMILES string of the molecule is CCCCN1C(=O)[C@@]2(SC(NC(C)=O)=NN2C(C)=O)c2cc(C)ccc21. The van der Waals surface area contributed by atoms with Crippen LogP contribution >= 0.6 is 11.8 Å². The van der Waals surface area contributed by atoms with Gasteiger partial charge in [0.15, 0.2) is 5.17 Å². The number of nitrogens with one attached hydrogen (secondary N) is 1. The van der Waals surface area contributed by atoms with E-state index in [1.807, 2.05) is 25.1 Å². The first kappa shape index (κ1) is 18.4. The number of carbonyl (C=O) groups excluding carboxylic acids is 3. The van der Waals surface area contributed by atoms with Crippen LogP contribution in [0, 0.1) is 6.92 Å². The molecular weight excluding hydrogens is 352 g/mol. The molecule has 1 aromatic rings. The Labute approximate surface area is 156 Å². The average molecular weight is 374 g/mol. The second kappa shape index (κ2) is 6.75. The third-order valence-electron chi connectivity index (χ3n) is 4.39. The molecule has 8 heteroatoms. The highest BCUT2D eigenvalue weighted by Gasteiger charge is 2.61. The van der Waals surface area contributed by atoms with E-state index < -0.39 is 4.87 Å². The molecule has 1 atom stereocenters. The number of amides is 3. The summed E-state index contributed by atoms with van der Waals surface area (Å²) in [4.78, 5) is 37.7. The number of hydrogen-bond donors (Lipinski definition) is 1. The van der Waals surface area contributed by atoms with Gasteiger partial charge in [0.25, 0.3) is 5.91 Å². The van der Waals surface area contributed by atoms with Gasteiger partial charge >= 0.3 is 0 Å². The smallest absolute Gasteiger partial charge is 0.270 e. The second-order valence-corrected chi connectivity index (χ2v) is 7.68. The van der Waals surface area contributed by atoms with Crippen LogP contribution in [-0.2, 0) is 19.3 Å². The number of anilines is 1. The third kappa shape index (κ3) is 2.78. The number of carbonyl (C=O) groups is 3. The van der Waals surface area contributed by atoms with Gasteiger partial charge in [-0.05, 0) is 31.2 Å². The molecule has 0 saturated carbocycles. The van der Waals surface area contributed by atoms with E-state index in [4.69, 9.17) is 0 Å². The molecule has 0 aromatic heterocycles. The number of nitrogens with zero attached hydrogens (tertiary/aromatic N) is 3. The Kier molecular flexibility index (Phi) is 4.79. The zero-order valence-corrected chi connectivity index (χ0v) is 16.1. The summed E-state index contributed by atoms with van der Waals surface area (Å²) >= 11 is 1.11. The minimum Gasteiger partial charge on any atom is -0.309 e. The van der Waals surface area contributed by atoms with Gasteiger partial charge in [-0.3, -0.25) is 14.4 Å². The number of fused-ring (bicyclic) bond motifs is 2. The van der Waals surface area contributed by atoms with Crippen molar-refractivity contribution in [2.75, 3.05) is 11.4 Å². The van der Waals surface area contributed by atoms with Crippen molar-refractivity contribution in [2.24, 2.45) is 5.10 Å². The predicted molar refractivity (Wildman–Crippen MR) is 101 cm³/mol. The van der Waals surface area contributed by atoms with E-state index in [1.54, 1.807) is 4.90 Å². The molecule has 1 spiro atoms. The predicted octanol–water partition coefficient (Wildman–Crippen LogP) is 2.30. The topological polar surface area (TPSA) is 82.1 Å². The zero-order valence-electron chi connectivity index (χ0n) is 15.3. The number of benzene rings is 1. The summed E-state index contributed by atoms with van der Waals surface area (Å²) in [7, 11) is 0. The summed E-state index contributed by atoms with van der Waals surface area (Å²) < 4.78 is 0. The molecule has 1 aromatic carbocycles. The van der Waals surface area contributed by atoms with Crippen LogP contribution in [0.2, 0.25) is 0 Å². The minimum absolute atomic E-state index is 0.198. The van der Waals surface area contributed by atoms with Crippen molar-refractivity contribution >= 4 is 40.3 Å². The van der Waals surface area contributed by atoms with Crippen molar-refractivity contribution in [1.29, 1.82) is 0 Å². The van der Waals surface area contributed by atoms with Gasteiger partial charge in [-0.1, -0.05) is 31.0 Å². The van der Waals surface area contributed by atoms with Crippen LogP contribution in [0.5, 0.6) is 0 Å². The molecule has 0 saturated heterocycles. The molecule has 0 fully saturated rings. The molecule has 3 rings (SSSR count). The van der Waals surface area contributed by atoms with Crippen molar-refractivity contribution in [2.45, 2.75) is 45.4 Å². The van der Waals surface area contributed by atoms with Crippen LogP contribution in [0.15, 0.2) is 23.3 Å². The lowest BCUT2D eigenvalue weighted by Gasteiger charge is -2.29. The Morgan fingerprint density at radius 2 is 2.04 bits per heavy atom. The van der Waals surface area contributed by atoms with Gasteiger partial charge in [0.1, 0.15) is 0 Å². The van der Waals surface area contributed by atoms with E-state index in [9.17, 15) is 14.4 Å². The number of hydrazone groups is 1. The molecule has 2 aliphatic rings. The molecule has 2 aliphatic heterocycles. The fraction of sp³-hybridized carbons (Fsp3) is 0.444. The number of aryl methyl sites for hydroxylation is 1. The lowest BCUT2D eigenvalue weighted by Crippen LogP contribution is -2.48. The molecular formula is C18H22N4O3S. The summed E-state index contributed by atoms with van der Waals surface area (Å²) in [6.07, 6.45) is 1.81. The highest BCUT2D eigenvalue weighted by atomic mass is 32.2. The maximum atomic E-state index is 13.5. The lowest BCUT2D eigenvalue weighted by atomic mass is 10.0. The first-order valence-electron chi connectivity index (χ1n) is 8.60. The van der Waals surface area contributed by atoms with E-state index in [0.29, 0.717) is 6.54 Å². The molecule has 0 aliphatic carbocycles. The van der Waals surface area contributed by atoms with Crippen LogP contribution in [0.1, 0.15) is 44.7 Å². The quantitative estimate of drug-likeness (QED) is 0.880. The number of rotatable bonds is 3. The Morgan fingerprint density at radius 1 is 1.31 bits per heavy atom. The first-order valence-corrected chi connectivity index (χ1v) is 9.42. The van der Waals surface area contributed by atoms with Crippen molar-refractivity contribution < 1.29 is 14.4 Å². The molecule has 1 N–H and O–H groups in total. The largest absolute Gasteiger partial charge is 0.309 e. The Bertz CT molecular complexity index is 823. The van der Waals surface area contributed by atoms with Crippen LogP contribution in [0.3, 0.4) is 0 Å². The van der Waals surface area contributed by atoms with Crippen molar-refractivity contribution in [3.05, 3.63) is 29.3 Å². The van der Waals surface area contributed by atoms with Crippen LogP contribution in [-0.4, -0.2) is 34.4 Å². The third-order valence-corrected chi connectivity index (χ3v) is 5.63. The molecule has 2 heterocycles.